The predicted molar refractivity (Wildman–Crippen MR) is 106 cm³/mol. The van der Waals surface area contributed by atoms with Crippen molar-refractivity contribution in [2.24, 2.45) is 0 Å². The molecule has 2 amide bonds. The van der Waals surface area contributed by atoms with E-state index in [-0.39, 0.29) is 24.5 Å². The number of halogens is 2. The van der Waals surface area contributed by atoms with Gasteiger partial charge in [-0.1, -0.05) is 0 Å². The minimum atomic E-state index is -0.755. The maximum atomic E-state index is 14.7. The average molecular weight is 427 g/mol. The van der Waals surface area contributed by atoms with E-state index in [1.54, 1.807) is 25.7 Å². The van der Waals surface area contributed by atoms with Crippen molar-refractivity contribution in [1.29, 1.82) is 0 Å². The Hall–Kier alpha value is -2.62. The van der Waals surface area contributed by atoms with Crippen molar-refractivity contribution in [1.82, 2.24) is 5.32 Å². The molecule has 0 aliphatic carbocycles. The number of benzene rings is 1. The van der Waals surface area contributed by atoms with Crippen LogP contribution in [0.15, 0.2) is 12.1 Å². The number of ether oxygens (including phenoxy) is 3. The van der Waals surface area contributed by atoms with E-state index in [4.69, 9.17) is 14.2 Å². The highest BCUT2D eigenvalue weighted by Gasteiger charge is 2.34. The summed E-state index contributed by atoms with van der Waals surface area (Å²) in [6, 6.07) is 2.24. The average Bonchev–Trinajstić information content (AvgIpc) is 2.82. The highest BCUT2D eigenvalue weighted by Crippen LogP contribution is 2.31. The fourth-order valence-electron chi connectivity index (χ4n) is 3.33. The molecule has 2 heterocycles. The number of nitrogens with zero attached hydrogens (tertiary/aromatic N) is 2. The third-order valence-electron chi connectivity index (χ3n) is 4.60. The maximum Gasteiger partial charge on any atom is 0.414 e. The van der Waals surface area contributed by atoms with Gasteiger partial charge in [-0.25, -0.2) is 18.4 Å². The van der Waals surface area contributed by atoms with Gasteiger partial charge in [-0.15, -0.1) is 0 Å². The Kier molecular flexibility index (Phi) is 6.64. The standard InChI is InChI=1S/C20H27F2N3O5/c1-20(2,3)30-18(26)23-11-14-12-25(19(27)29-14)13-9-15(21)17(16(22)10-13)24-5-4-7-28-8-6-24/h9-10,14H,4-8,11-12H2,1-3H3,(H,23,26)/t14-/m0/s1. The molecule has 2 fully saturated rings. The Morgan fingerprint density at radius 3 is 2.60 bits per heavy atom. The summed E-state index contributed by atoms with van der Waals surface area (Å²) in [7, 11) is 0. The van der Waals surface area contributed by atoms with E-state index < -0.39 is 35.5 Å². The van der Waals surface area contributed by atoms with Gasteiger partial charge >= 0.3 is 12.2 Å². The first-order valence-corrected chi connectivity index (χ1v) is 9.91. The van der Waals surface area contributed by atoms with Crippen molar-refractivity contribution >= 4 is 23.6 Å². The van der Waals surface area contributed by atoms with Crippen LogP contribution in [0.25, 0.3) is 0 Å². The second-order valence-electron chi connectivity index (χ2n) is 8.21. The van der Waals surface area contributed by atoms with Crippen LogP contribution in [0.2, 0.25) is 0 Å². The molecule has 2 aliphatic rings. The third-order valence-corrected chi connectivity index (χ3v) is 4.60. The second-order valence-corrected chi connectivity index (χ2v) is 8.21. The number of hydrogen-bond acceptors (Lipinski definition) is 6. The number of alkyl carbamates (subject to hydrolysis) is 1. The van der Waals surface area contributed by atoms with Crippen LogP contribution in [0, 0.1) is 11.6 Å². The van der Waals surface area contributed by atoms with Gasteiger partial charge in [0, 0.05) is 31.8 Å². The second kappa shape index (κ2) is 9.03. The molecule has 2 aliphatic heterocycles. The minimum absolute atomic E-state index is 0.0218. The van der Waals surface area contributed by atoms with E-state index in [0.717, 1.165) is 17.0 Å². The third kappa shape index (κ3) is 5.50. The van der Waals surface area contributed by atoms with Crippen LogP contribution >= 0.6 is 0 Å². The van der Waals surface area contributed by atoms with Crippen LogP contribution in [-0.2, 0) is 14.2 Å². The molecule has 1 aromatic carbocycles. The fraction of sp³-hybridized carbons (Fsp3) is 0.600. The van der Waals surface area contributed by atoms with Crippen molar-refractivity contribution in [2.45, 2.75) is 38.9 Å². The molecule has 0 saturated carbocycles. The maximum absolute atomic E-state index is 14.7. The first-order valence-electron chi connectivity index (χ1n) is 9.91. The molecule has 0 bridgehead atoms. The van der Waals surface area contributed by atoms with Crippen molar-refractivity contribution in [3.05, 3.63) is 23.8 Å². The van der Waals surface area contributed by atoms with E-state index >= 15 is 0 Å². The van der Waals surface area contributed by atoms with Gasteiger partial charge in [-0.05, 0) is 27.2 Å². The lowest BCUT2D eigenvalue weighted by molar-refractivity contribution is 0.0496. The number of cyclic esters (lactones) is 1. The van der Waals surface area contributed by atoms with Gasteiger partial charge in [-0.3, -0.25) is 4.90 Å². The van der Waals surface area contributed by atoms with E-state index in [1.807, 2.05) is 0 Å². The normalized spacial score (nSPS) is 20.0. The smallest absolute Gasteiger partial charge is 0.414 e. The zero-order valence-corrected chi connectivity index (χ0v) is 17.4. The molecule has 166 valence electrons. The topological polar surface area (TPSA) is 80.3 Å². The molecule has 3 rings (SSSR count). The number of anilines is 2. The fourth-order valence-corrected chi connectivity index (χ4v) is 3.33. The summed E-state index contributed by atoms with van der Waals surface area (Å²) in [6.07, 6.45) is -1.37. The molecular formula is C20H27F2N3O5. The Morgan fingerprint density at radius 2 is 1.93 bits per heavy atom. The Bertz CT molecular complexity index is 768. The predicted octanol–water partition coefficient (Wildman–Crippen LogP) is 3.04. The molecule has 0 aromatic heterocycles. The molecule has 0 unspecified atom stereocenters. The summed E-state index contributed by atoms with van der Waals surface area (Å²) in [4.78, 5) is 26.7. The highest BCUT2D eigenvalue weighted by atomic mass is 19.1. The largest absolute Gasteiger partial charge is 0.444 e. The number of carbonyl (C=O) groups is 2. The Labute approximate surface area is 174 Å². The molecule has 0 radical (unpaired) electrons. The summed E-state index contributed by atoms with van der Waals surface area (Å²) in [5.74, 6) is -1.51. The zero-order valence-electron chi connectivity index (χ0n) is 17.4. The number of amides is 2. The van der Waals surface area contributed by atoms with Crippen LogP contribution < -0.4 is 15.1 Å². The molecule has 1 atom stereocenters. The summed E-state index contributed by atoms with van der Waals surface area (Å²) >= 11 is 0. The van der Waals surface area contributed by atoms with Crippen LogP contribution in [0.1, 0.15) is 27.2 Å². The number of nitrogens with one attached hydrogen (secondary N) is 1. The molecule has 10 heteroatoms. The van der Waals surface area contributed by atoms with Gasteiger partial charge in [0.25, 0.3) is 0 Å². The van der Waals surface area contributed by atoms with Gasteiger partial charge in [0.05, 0.1) is 25.4 Å². The van der Waals surface area contributed by atoms with Gasteiger partial charge in [-0.2, -0.15) is 0 Å². The van der Waals surface area contributed by atoms with Crippen LogP contribution in [0.3, 0.4) is 0 Å². The molecule has 2 saturated heterocycles. The minimum Gasteiger partial charge on any atom is -0.444 e. The lowest BCUT2D eigenvalue weighted by atomic mass is 10.2. The van der Waals surface area contributed by atoms with E-state index in [9.17, 15) is 18.4 Å². The first-order chi connectivity index (χ1) is 14.1. The number of rotatable bonds is 4. The summed E-state index contributed by atoms with van der Waals surface area (Å²) in [5, 5.41) is 2.52. The Morgan fingerprint density at radius 1 is 1.23 bits per heavy atom. The van der Waals surface area contributed by atoms with E-state index in [0.29, 0.717) is 32.7 Å². The van der Waals surface area contributed by atoms with Gasteiger partial charge in [0.1, 0.15) is 17.4 Å². The van der Waals surface area contributed by atoms with Crippen LogP contribution in [-0.4, -0.2) is 63.3 Å². The zero-order chi connectivity index (χ0) is 21.9. The van der Waals surface area contributed by atoms with Crippen molar-refractivity contribution in [2.75, 3.05) is 49.2 Å². The van der Waals surface area contributed by atoms with Crippen LogP contribution in [0.4, 0.5) is 29.7 Å². The summed E-state index contributed by atoms with van der Waals surface area (Å²) < 4.78 is 45.1. The molecule has 30 heavy (non-hydrogen) atoms. The number of carbonyl (C=O) groups excluding carboxylic acids is 2. The van der Waals surface area contributed by atoms with Gasteiger partial charge < -0.3 is 24.4 Å². The molecule has 8 nitrogen and oxygen atoms in total. The Balaban J connectivity index is 1.66. The molecule has 1 aromatic rings. The molecule has 1 N–H and O–H groups in total. The monoisotopic (exact) mass is 427 g/mol. The quantitative estimate of drug-likeness (QED) is 0.796. The van der Waals surface area contributed by atoms with Crippen molar-refractivity contribution in [3.8, 4) is 0 Å². The highest BCUT2D eigenvalue weighted by molar-refractivity contribution is 5.90. The summed E-state index contributed by atoms with van der Waals surface area (Å²) in [6.45, 7) is 7.08. The van der Waals surface area contributed by atoms with E-state index in [1.165, 1.54) is 0 Å². The SMILES string of the molecule is CC(C)(C)OC(=O)NC[C@H]1CN(c2cc(F)c(N3CCCOCC3)c(F)c2)C(=O)O1. The summed E-state index contributed by atoms with van der Waals surface area (Å²) in [5.41, 5.74) is -0.719. The van der Waals surface area contributed by atoms with Gasteiger partial charge in [0.15, 0.2) is 11.6 Å². The van der Waals surface area contributed by atoms with Crippen molar-refractivity contribution in [3.63, 3.8) is 0 Å². The number of hydrogen-bond donors (Lipinski definition) is 1. The lowest BCUT2D eigenvalue weighted by Gasteiger charge is -2.24. The van der Waals surface area contributed by atoms with Crippen molar-refractivity contribution < 1.29 is 32.6 Å². The first kappa shape index (κ1) is 22.1. The van der Waals surface area contributed by atoms with Crippen LogP contribution in [0.5, 0.6) is 0 Å². The molecular weight excluding hydrogens is 400 g/mol. The molecule has 0 spiro atoms. The van der Waals surface area contributed by atoms with Gasteiger partial charge in [0.2, 0.25) is 0 Å². The van der Waals surface area contributed by atoms with E-state index in [2.05, 4.69) is 5.32 Å². The lowest BCUT2D eigenvalue weighted by Crippen LogP contribution is -2.38.